The maximum absolute atomic E-state index is 4.56. The van der Waals surface area contributed by atoms with Gasteiger partial charge in [-0.25, -0.2) is 9.97 Å². The van der Waals surface area contributed by atoms with Crippen molar-refractivity contribution in [1.82, 2.24) is 9.97 Å². The van der Waals surface area contributed by atoms with Gasteiger partial charge in [-0.2, -0.15) is 5.10 Å². The number of thiophene rings is 1. The number of hydrogen-bond acceptors (Lipinski definition) is 5. The van der Waals surface area contributed by atoms with E-state index in [9.17, 15) is 0 Å². The zero-order valence-electron chi connectivity index (χ0n) is 18.3. The van der Waals surface area contributed by atoms with E-state index in [2.05, 4.69) is 66.4 Å². The van der Waals surface area contributed by atoms with E-state index in [1.807, 2.05) is 35.8 Å². The highest BCUT2D eigenvalue weighted by Crippen LogP contribution is 2.45. The molecule has 5 heteroatoms. The highest BCUT2D eigenvalue weighted by molar-refractivity contribution is 7.19. The lowest BCUT2D eigenvalue weighted by Gasteiger charge is -2.36. The van der Waals surface area contributed by atoms with Crippen LogP contribution in [0.2, 0.25) is 0 Å². The van der Waals surface area contributed by atoms with Crippen molar-refractivity contribution in [2.24, 2.45) is 16.4 Å². The Labute approximate surface area is 183 Å². The first-order chi connectivity index (χ1) is 14.5. The van der Waals surface area contributed by atoms with Gasteiger partial charge in [0.05, 0.1) is 11.6 Å². The minimum atomic E-state index is 0.354. The molecular weight excluding hydrogens is 388 g/mol. The van der Waals surface area contributed by atoms with Crippen molar-refractivity contribution in [2.45, 2.75) is 53.4 Å². The van der Waals surface area contributed by atoms with E-state index in [4.69, 9.17) is 0 Å². The number of rotatable bonds is 6. The number of nitrogens with one attached hydrogen (secondary N) is 1. The first kappa shape index (κ1) is 20.7. The fourth-order valence-corrected chi connectivity index (χ4v) is 5.38. The molecule has 1 aliphatic carbocycles. The SMILES string of the molecule is CCC(C)(C)[C@@H]1CCc2sc3ncnc(N/N=C\C(C)=C\c4ccccc4)c3c2C1. The second-order valence-corrected chi connectivity index (χ2v) is 9.94. The molecule has 0 unspecified atom stereocenters. The van der Waals surface area contributed by atoms with Crippen LogP contribution in [0, 0.1) is 11.3 Å². The summed E-state index contributed by atoms with van der Waals surface area (Å²) in [7, 11) is 0. The summed E-state index contributed by atoms with van der Waals surface area (Å²) in [5.74, 6) is 1.51. The summed E-state index contributed by atoms with van der Waals surface area (Å²) in [4.78, 5) is 11.6. The van der Waals surface area contributed by atoms with Gasteiger partial charge < -0.3 is 0 Å². The Hall–Kier alpha value is -2.53. The summed E-state index contributed by atoms with van der Waals surface area (Å²) >= 11 is 1.82. The van der Waals surface area contributed by atoms with Crippen LogP contribution in [0.3, 0.4) is 0 Å². The van der Waals surface area contributed by atoms with Gasteiger partial charge in [-0.3, -0.25) is 5.43 Å². The first-order valence-corrected chi connectivity index (χ1v) is 11.6. The van der Waals surface area contributed by atoms with E-state index in [1.54, 1.807) is 6.33 Å². The number of allylic oxidation sites excluding steroid dienone is 1. The minimum Gasteiger partial charge on any atom is -0.261 e. The lowest BCUT2D eigenvalue weighted by Crippen LogP contribution is -2.28. The van der Waals surface area contributed by atoms with Gasteiger partial charge in [0.2, 0.25) is 0 Å². The van der Waals surface area contributed by atoms with Crippen LogP contribution in [0.25, 0.3) is 16.3 Å². The Kier molecular flexibility index (Phi) is 6.00. The number of nitrogens with zero attached hydrogens (tertiary/aromatic N) is 3. The Morgan fingerprint density at radius 3 is 2.83 bits per heavy atom. The smallest absolute Gasteiger partial charge is 0.158 e. The quantitative estimate of drug-likeness (QED) is 0.356. The molecule has 0 spiro atoms. The maximum Gasteiger partial charge on any atom is 0.158 e. The van der Waals surface area contributed by atoms with E-state index in [-0.39, 0.29) is 0 Å². The second kappa shape index (κ2) is 8.68. The van der Waals surface area contributed by atoms with Gasteiger partial charge >= 0.3 is 0 Å². The molecule has 3 aromatic rings. The predicted octanol–water partition coefficient (Wildman–Crippen LogP) is 6.73. The van der Waals surface area contributed by atoms with Crippen molar-refractivity contribution in [3.63, 3.8) is 0 Å². The summed E-state index contributed by atoms with van der Waals surface area (Å²) < 4.78 is 0. The zero-order valence-corrected chi connectivity index (χ0v) is 19.1. The van der Waals surface area contributed by atoms with Crippen LogP contribution >= 0.6 is 11.3 Å². The number of fused-ring (bicyclic) bond motifs is 3. The van der Waals surface area contributed by atoms with Crippen LogP contribution in [-0.2, 0) is 12.8 Å². The van der Waals surface area contributed by atoms with Gasteiger partial charge in [0, 0.05) is 4.88 Å². The van der Waals surface area contributed by atoms with Crippen LogP contribution in [0.15, 0.2) is 47.3 Å². The largest absolute Gasteiger partial charge is 0.261 e. The molecule has 1 aliphatic rings. The summed E-state index contributed by atoms with van der Waals surface area (Å²) in [5, 5.41) is 5.63. The van der Waals surface area contributed by atoms with Crippen molar-refractivity contribution in [2.75, 3.05) is 5.43 Å². The minimum absolute atomic E-state index is 0.354. The Morgan fingerprint density at radius 2 is 2.07 bits per heavy atom. The van der Waals surface area contributed by atoms with E-state index in [0.717, 1.165) is 34.4 Å². The van der Waals surface area contributed by atoms with Crippen molar-refractivity contribution >= 4 is 39.7 Å². The molecule has 0 radical (unpaired) electrons. The van der Waals surface area contributed by atoms with Gasteiger partial charge in [0.15, 0.2) is 5.82 Å². The molecule has 1 aromatic carbocycles. The van der Waals surface area contributed by atoms with Crippen LogP contribution < -0.4 is 5.43 Å². The normalized spacial score (nSPS) is 17.5. The molecule has 0 bridgehead atoms. The molecule has 0 aliphatic heterocycles. The van der Waals surface area contributed by atoms with E-state index in [1.165, 1.54) is 28.8 Å². The number of aryl methyl sites for hydroxylation is 1. The Morgan fingerprint density at radius 1 is 1.27 bits per heavy atom. The van der Waals surface area contributed by atoms with Crippen molar-refractivity contribution < 1.29 is 0 Å². The zero-order chi connectivity index (χ0) is 21.1. The third kappa shape index (κ3) is 4.31. The third-order valence-electron chi connectivity index (χ3n) is 6.49. The van der Waals surface area contributed by atoms with Gasteiger partial charge in [-0.05, 0) is 54.2 Å². The molecule has 30 heavy (non-hydrogen) atoms. The van der Waals surface area contributed by atoms with Crippen molar-refractivity contribution in [3.8, 4) is 0 Å². The monoisotopic (exact) mass is 418 g/mol. The highest BCUT2D eigenvalue weighted by atomic mass is 32.1. The van der Waals surface area contributed by atoms with Gasteiger partial charge in [0.25, 0.3) is 0 Å². The average molecular weight is 419 g/mol. The molecule has 2 heterocycles. The molecule has 4 rings (SSSR count). The van der Waals surface area contributed by atoms with Gasteiger partial charge in [0.1, 0.15) is 11.2 Å². The predicted molar refractivity (Wildman–Crippen MR) is 129 cm³/mol. The lowest BCUT2D eigenvalue weighted by atomic mass is 9.69. The molecule has 156 valence electrons. The van der Waals surface area contributed by atoms with E-state index < -0.39 is 0 Å². The van der Waals surface area contributed by atoms with Gasteiger partial charge in [-0.15, -0.1) is 11.3 Å². The summed E-state index contributed by atoms with van der Waals surface area (Å²) in [6.07, 6.45) is 10.3. The molecule has 4 nitrogen and oxygen atoms in total. The molecule has 1 N–H and O–H groups in total. The molecule has 0 saturated carbocycles. The molecule has 0 fully saturated rings. The van der Waals surface area contributed by atoms with Crippen molar-refractivity contribution in [3.05, 3.63) is 58.2 Å². The standard InChI is InChI=1S/C25H30N4S/c1-5-25(3,4)19-11-12-21-20(14-19)22-23(26-16-27-24(22)30-21)29-28-15-17(2)13-18-9-7-6-8-10-18/h6-10,13,15-16,19H,5,11-12,14H2,1-4H3,(H,26,27,29)/b17-13+,28-15-/t19-/m1/s1. The van der Waals surface area contributed by atoms with Crippen LogP contribution in [0.5, 0.6) is 0 Å². The maximum atomic E-state index is 4.56. The van der Waals surface area contributed by atoms with E-state index in [0.29, 0.717) is 11.3 Å². The highest BCUT2D eigenvalue weighted by Gasteiger charge is 2.33. The molecule has 2 aromatic heterocycles. The average Bonchev–Trinajstić information content (AvgIpc) is 3.13. The topological polar surface area (TPSA) is 50.2 Å². The van der Waals surface area contributed by atoms with Crippen molar-refractivity contribution in [1.29, 1.82) is 0 Å². The number of aromatic nitrogens is 2. The summed E-state index contributed by atoms with van der Waals surface area (Å²) in [5.41, 5.74) is 7.23. The summed E-state index contributed by atoms with van der Waals surface area (Å²) in [6.45, 7) is 9.16. The fraction of sp³-hybridized carbons (Fsp3) is 0.400. The fourth-order valence-electron chi connectivity index (χ4n) is 4.19. The molecule has 0 amide bonds. The number of hydrogen-bond donors (Lipinski definition) is 1. The number of anilines is 1. The Balaban J connectivity index is 1.58. The van der Waals surface area contributed by atoms with Crippen LogP contribution in [0.1, 0.15) is 56.5 Å². The van der Waals surface area contributed by atoms with Crippen LogP contribution in [-0.4, -0.2) is 16.2 Å². The number of hydrazone groups is 1. The lowest BCUT2D eigenvalue weighted by molar-refractivity contribution is 0.184. The first-order valence-electron chi connectivity index (χ1n) is 10.8. The molecular formula is C25H30N4S. The van der Waals surface area contributed by atoms with Crippen LogP contribution in [0.4, 0.5) is 5.82 Å². The third-order valence-corrected chi connectivity index (χ3v) is 7.69. The van der Waals surface area contributed by atoms with E-state index >= 15 is 0 Å². The Bertz CT molecular complexity index is 1080. The number of benzene rings is 1. The summed E-state index contributed by atoms with van der Waals surface area (Å²) in [6, 6.07) is 10.3. The molecule has 0 saturated heterocycles. The van der Waals surface area contributed by atoms with Gasteiger partial charge in [-0.1, -0.05) is 63.6 Å². The second-order valence-electron chi connectivity index (χ2n) is 8.86. The molecule has 1 atom stereocenters.